The van der Waals surface area contributed by atoms with Gasteiger partial charge in [0.1, 0.15) is 6.29 Å². The molecule has 1 aromatic carbocycles. The maximum absolute atomic E-state index is 10.7. The van der Waals surface area contributed by atoms with Gasteiger partial charge in [-0.15, -0.1) is 0 Å². The minimum Gasteiger partial charge on any atom is -0.298 e. The Hall–Kier alpha value is -1.11. The van der Waals surface area contributed by atoms with Crippen LogP contribution in [0.2, 0.25) is 0 Å². The van der Waals surface area contributed by atoms with Crippen LogP contribution >= 0.6 is 0 Å². The first kappa shape index (κ1) is 7.53. The Morgan fingerprint density at radius 3 is 2.75 bits per heavy atom. The number of rotatable bonds is 2. The molecule has 1 heteroatoms. The fraction of sp³-hybridized carbons (Fsp3) is 0.364. The summed E-state index contributed by atoms with van der Waals surface area (Å²) in [5, 5.41) is 0. The minimum atomic E-state index is 0.673. The third-order valence-corrected chi connectivity index (χ3v) is 2.47. The van der Waals surface area contributed by atoms with Gasteiger partial charge >= 0.3 is 0 Å². The van der Waals surface area contributed by atoms with E-state index in [1.165, 1.54) is 24.0 Å². The maximum Gasteiger partial charge on any atom is 0.150 e. The summed E-state index contributed by atoms with van der Waals surface area (Å²) in [7, 11) is 0. The lowest BCUT2D eigenvalue weighted by Crippen LogP contribution is -1.93. The second-order valence-corrected chi connectivity index (χ2v) is 3.47. The van der Waals surface area contributed by atoms with Gasteiger partial charge in [0.25, 0.3) is 0 Å². The van der Waals surface area contributed by atoms with Crippen molar-refractivity contribution in [2.24, 2.45) is 0 Å². The fourth-order valence-electron chi connectivity index (χ4n) is 1.74. The fourth-order valence-corrected chi connectivity index (χ4v) is 1.74. The van der Waals surface area contributed by atoms with Crippen LogP contribution in [0.4, 0.5) is 0 Å². The molecule has 12 heavy (non-hydrogen) atoms. The molecule has 0 bridgehead atoms. The SMILES string of the molecule is Cc1cccc(C=O)c1C1CC1. The summed E-state index contributed by atoms with van der Waals surface area (Å²) < 4.78 is 0. The van der Waals surface area contributed by atoms with Crippen LogP contribution in [0.15, 0.2) is 18.2 Å². The summed E-state index contributed by atoms with van der Waals surface area (Å²) in [6.07, 6.45) is 3.48. The smallest absolute Gasteiger partial charge is 0.150 e. The van der Waals surface area contributed by atoms with Gasteiger partial charge in [0.15, 0.2) is 0 Å². The molecule has 2 rings (SSSR count). The monoisotopic (exact) mass is 160 g/mol. The predicted octanol–water partition coefficient (Wildman–Crippen LogP) is 2.68. The van der Waals surface area contributed by atoms with E-state index in [0.717, 1.165) is 11.8 Å². The van der Waals surface area contributed by atoms with Crippen molar-refractivity contribution in [1.82, 2.24) is 0 Å². The van der Waals surface area contributed by atoms with Crippen LogP contribution in [0.5, 0.6) is 0 Å². The third-order valence-electron chi connectivity index (χ3n) is 2.47. The summed E-state index contributed by atoms with van der Waals surface area (Å²) >= 11 is 0. The second-order valence-electron chi connectivity index (χ2n) is 3.47. The highest BCUT2D eigenvalue weighted by molar-refractivity contribution is 5.78. The Morgan fingerprint density at radius 1 is 1.42 bits per heavy atom. The zero-order valence-corrected chi connectivity index (χ0v) is 7.21. The van der Waals surface area contributed by atoms with Crippen molar-refractivity contribution < 1.29 is 4.79 Å². The van der Waals surface area contributed by atoms with Crippen molar-refractivity contribution in [2.45, 2.75) is 25.7 Å². The van der Waals surface area contributed by atoms with Crippen molar-refractivity contribution in [3.63, 3.8) is 0 Å². The average molecular weight is 160 g/mol. The van der Waals surface area contributed by atoms with Crippen molar-refractivity contribution in [1.29, 1.82) is 0 Å². The number of carbonyl (C=O) groups excluding carboxylic acids is 1. The standard InChI is InChI=1S/C11H12O/c1-8-3-2-4-10(7-12)11(8)9-5-6-9/h2-4,7,9H,5-6H2,1H3. The Balaban J connectivity index is 2.52. The van der Waals surface area contributed by atoms with Crippen molar-refractivity contribution >= 4 is 6.29 Å². The molecule has 0 spiro atoms. The lowest BCUT2D eigenvalue weighted by Gasteiger charge is -2.05. The summed E-state index contributed by atoms with van der Waals surface area (Å²) in [4.78, 5) is 10.7. The number of benzene rings is 1. The second kappa shape index (κ2) is 2.74. The average Bonchev–Trinajstić information content (AvgIpc) is 2.87. The minimum absolute atomic E-state index is 0.673. The molecular formula is C11H12O. The molecular weight excluding hydrogens is 148 g/mol. The Morgan fingerprint density at radius 2 is 2.17 bits per heavy atom. The molecule has 0 heterocycles. The third kappa shape index (κ3) is 1.15. The predicted molar refractivity (Wildman–Crippen MR) is 48.5 cm³/mol. The van der Waals surface area contributed by atoms with E-state index in [0.29, 0.717) is 5.92 Å². The van der Waals surface area contributed by atoms with E-state index in [1.807, 2.05) is 12.1 Å². The van der Waals surface area contributed by atoms with Gasteiger partial charge in [-0.3, -0.25) is 4.79 Å². The van der Waals surface area contributed by atoms with Gasteiger partial charge in [-0.1, -0.05) is 18.2 Å². The van der Waals surface area contributed by atoms with Crippen molar-refractivity contribution in [3.8, 4) is 0 Å². The number of hydrogen-bond acceptors (Lipinski definition) is 1. The van der Waals surface area contributed by atoms with E-state index in [2.05, 4.69) is 13.0 Å². The first-order chi connectivity index (χ1) is 5.83. The van der Waals surface area contributed by atoms with Gasteiger partial charge in [0.05, 0.1) is 0 Å². The highest BCUT2D eigenvalue weighted by Crippen LogP contribution is 2.42. The number of hydrogen-bond donors (Lipinski definition) is 0. The lowest BCUT2D eigenvalue weighted by molar-refractivity contribution is 0.112. The Bertz CT molecular complexity index is 311. The largest absolute Gasteiger partial charge is 0.298 e. The van der Waals surface area contributed by atoms with Crippen LogP contribution in [-0.2, 0) is 0 Å². The van der Waals surface area contributed by atoms with E-state index >= 15 is 0 Å². The zero-order valence-electron chi connectivity index (χ0n) is 7.21. The summed E-state index contributed by atoms with van der Waals surface area (Å²) in [5.74, 6) is 0.673. The van der Waals surface area contributed by atoms with E-state index in [-0.39, 0.29) is 0 Å². The molecule has 1 saturated carbocycles. The normalized spacial score (nSPS) is 16.1. The van der Waals surface area contributed by atoms with Gasteiger partial charge in [-0.2, -0.15) is 0 Å². The van der Waals surface area contributed by atoms with Gasteiger partial charge in [-0.05, 0) is 36.8 Å². The molecule has 0 saturated heterocycles. The maximum atomic E-state index is 10.7. The number of aldehydes is 1. The Labute approximate surface area is 72.4 Å². The molecule has 0 unspecified atom stereocenters. The molecule has 1 aliphatic carbocycles. The molecule has 1 nitrogen and oxygen atoms in total. The molecule has 0 aliphatic heterocycles. The molecule has 0 atom stereocenters. The molecule has 0 N–H and O–H groups in total. The molecule has 1 fully saturated rings. The number of carbonyl (C=O) groups is 1. The molecule has 0 aromatic heterocycles. The van der Waals surface area contributed by atoms with Crippen LogP contribution in [0.25, 0.3) is 0 Å². The van der Waals surface area contributed by atoms with Gasteiger partial charge < -0.3 is 0 Å². The van der Waals surface area contributed by atoms with Crippen LogP contribution in [0.3, 0.4) is 0 Å². The number of aryl methyl sites for hydroxylation is 1. The zero-order chi connectivity index (χ0) is 8.55. The summed E-state index contributed by atoms with van der Waals surface area (Å²) in [6, 6.07) is 5.94. The van der Waals surface area contributed by atoms with Crippen molar-refractivity contribution in [3.05, 3.63) is 34.9 Å². The highest BCUT2D eigenvalue weighted by atomic mass is 16.1. The molecule has 0 amide bonds. The first-order valence-electron chi connectivity index (χ1n) is 4.37. The van der Waals surface area contributed by atoms with Gasteiger partial charge in [-0.25, -0.2) is 0 Å². The quantitative estimate of drug-likeness (QED) is 0.608. The summed E-state index contributed by atoms with van der Waals surface area (Å²) in [5.41, 5.74) is 3.44. The van der Waals surface area contributed by atoms with Crippen LogP contribution < -0.4 is 0 Å². The summed E-state index contributed by atoms with van der Waals surface area (Å²) in [6.45, 7) is 2.08. The van der Waals surface area contributed by atoms with E-state index in [1.54, 1.807) is 0 Å². The van der Waals surface area contributed by atoms with E-state index in [9.17, 15) is 4.79 Å². The van der Waals surface area contributed by atoms with Crippen molar-refractivity contribution in [2.75, 3.05) is 0 Å². The highest BCUT2D eigenvalue weighted by Gasteiger charge is 2.26. The van der Waals surface area contributed by atoms with Crippen LogP contribution in [0.1, 0.15) is 40.2 Å². The molecule has 1 aromatic rings. The van der Waals surface area contributed by atoms with E-state index < -0.39 is 0 Å². The topological polar surface area (TPSA) is 17.1 Å². The van der Waals surface area contributed by atoms with Crippen LogP contribution in [-0.4, -0.2) is 6.29 Å². The van der Waals surface area contributed by atoms with Crippen LogP contribution in [0, 0.1) is 6.92 Å². The molecule has 1 aliphatic rings. The van der Waals surface area contributed by atoms with Gasteiger partial charge in [0, 0.05) is 5.56 Å². The molecule has 0 radical (unpaired) electrons. The van der Waals surface area contributed by atoms with Gasteiger partial charge in [0.2, 0.25) is 0 Å². The Kier molecular flexibility index (Phi) is 1.72. The van der Waals surface area contributed by atoms with E-state index in [4.69, 9.17) is 0 Å². The first-order valence-corrected chi connectivity index (χ1v) is 4.37. The lowest BCUT2D eigenvalue weighted by atomic mass is 9.99. The molecule has 62 valence electrons.